The van der Waals surface area contributed by atoms with Crippen molar-refractivity contribution >= 4 is 13.6 Å². The number of hydrogen-bond donors (Lipinski definition) is 0. The van der Waals surface area contributed by atoms with Gasteiger partial charge in [-0.05, 0) is 31.2 Å². The van der Waals surface area contributed by atoms with Crippen LogP contribution in [0.3, 0.4) is 0 Å². The highest BCUT2D eigenvalue weighted by atomic mass is 31.2. The van der Waals surface area contributed by atoms with Gasteiger partial charge in [0.05, 0.1) is 6.61 Å². The molecule has 5 nitrogen and oxygen atoms in total. The van der Waals surface area contributed by atoms with Crippen LogP contribution in [0.1, 0.15) is 6.92 Å². The molecule has 0 fully saturated rings. The van der Waals surface area contributed by atoms with Crippen molar-refractivity contribution in [3.05, 3.63) is 60.7 Å². The maximum Gasteiger partial charge on any atom is 0.476 e. The van der Waals surface area contributed by atoms with Crippen LogP contribution in [0.15, 0.2) is 60.7 Å². The lowest BCUT2D eigenvalue weighted by Crippen LogP contribution is -2.24. The summed E-state index contributed by atoms with van der Waals surface area (Å²) < 4.78 is 42.2. The summed E-state index contributed by atoms with van der Waals surface area (Å²) in [5.41, 5.74) is 0. The standard InChI is InChI=1S/C16H16FO5P/c1-2-20-16(18)15(17)23(19,21-13-9-5-3-6-10-13)22-14-11-7-4-8-12-14/h3-12,15H,2H2,1H3. The van der Waals surface area contributed by atoms with Crippen LogP contribution < -0.4 is 9.05 Å². The van der Waals surface area contributed by atoms with Crippen molar-refractivity contribution in [2.75, 3.05) is 6.61 Å². The number of ether oxygens (including phenoxy) is 1. The normalized spacial score (nSPS) is 12.3. The van der Waals surface area contributed by atoms with Crippen LogP contribution in [0.2, 0.25) is 0 Å². The lowest BCUT2D eigenvalue weighted by Gasteiger charge is -2.21. The molecule has 0 N–H and O–H groups in total. The topological polar surface area (TPSA) is 61.8 Å². The quantitative estimate of drug-likeness (QED) is 0.559. The second kappa shape index (κ2) is 7.79. The molecule has 0 spiro atoms. The molecule has 0 radical (unpaired) electrons. The van der Waals surface area contributed by atoms with Crippen molar-refractivity contribution in [1.29, 1.82) is 0 Å². The second-order valence-corrected chi connectivity index (χ2v) is 6.33. The molecular formula is C16H16FO5P. The Hall–Kier alpha value is -2.33. The van der Waals surface area contributed by atoms with Crippen molar-refractivity contribution in [3.8, 4) is 11.5 Å². The number of carbonyl (C=O) groups excluding carboxylic acids is 1. The van der Waals surface area contributed by atoms with Gasteiger partial charge in [-0.2, -0.15) is 0 Å². The fourth-order valence-electron chi connectivity index (χ4n) is 1.71. The molecule has 0 aliphatic rings. The molecule has 0 bridgehead atoms. The molecule has 1 atom stereocenters. The molecule has 0 aliphatic heterocycles. The number of benzene rings is 2. The minimum atomic E-state index is -4.48. The fraction of sp³-hybridized carbons (Fsp3) is 0.188. The average Bonchev–Trinajstić information content (AvgIpc) is 2.56. The van der Waals surface area contributed by atoms with Gasteiger partial charge in [-0.25, -0.2) is 13.8 Å². The van der Waals surface area contributed by atoms with Gasteiger partial charge in [0.2, 0.25) is 0 Å². The summed E-state index contributed by atoms with van der Waals surface area (Å²) in [6, 6.07) is 15.9. The second-order valence-electron chi connectivity index (χ2n) is 4.44. The highest BCUT2D eigenvalue weighted by molar-refractivity contribution is 7.56. The first-order valence-corrected chi connectivity index (χ1v) is 8.56. The largest absolute Gasteiger partial charge is 0.476 e. The zero-order valence-electron chi connectivity index (χ0n) is 12.4. The Morgan fingerprint density at radius 2 is 1.43 bits per heavy atom. The van der Waals surface area contributed by atoms with Crippen LogP contribution >= 0.6 is 7.60 Å². The summed E-state index contributed by atoms with van der Waals surface area (Å²) in [6.07, 6.45) is 0. The number of hydrogen-bond acceptors (Lipinski definition) is 5. The number of esters is 1. The van der Waals surface area contributed by atoms with Crippen molar-refractivity contribution in [3.63, 3.8) is 0 Å². The number of carbonyl (C=O) groups is 1. The van der Waals surface area contributed by atoms with Gasteiger partial charge in [0.1, 0.15) is 11.5 Å². The Balaban J connectivity index is 2.29. The predicted molar refractivity (Wildman–Crippen MR) is 83.3 cm³/mol. The molecule has 23 heavy (non-hydrogen) atoms. The Morgan fingerprint density at radius 3 is 1.83 bits per heavy atom. The van der Waals surface area contributed by atoms with E-state index in [1.807, 2.05) is 0 Å². The third kappa shape index (κ3) is 4.57. The summed E-state index contributed by atoms with van der Waals surface area (Å²) in [5.74, 6) is -3.59. The monoisotopic (exact) mass is 338 g/mol. The minimum Gasteiger partial charge on any atom is -0.463 e. The van der Waals surface area contributed by atoms with Crippen LogP contribution in [0.5, 0.6) is 11.5 Å². The summed E-state index contributed by atoms with van der Waals surface area (Å²) in [5, 5.41) is 0. The van der Waals surface area contributed by atoms with E-state index in [9.17, 15) is 13.8 Å². The average molecular weight is 338 g/mol. The van der Waals surface area contributed by atoms with Gasteiger partial charge in [-0.15, -0.1) is 0 Å². The molecule has 0 saturated heterocycles. The molecule has 2 aromatic rings. The van der Waals surface area contributed by atoms with Gasteiger partial charge in [0, 0.05) is 0 Å². The third-order valence-corrected chi connectivity index (χ3v) is 4.41. The first-order chi connectivity index (χ1) is 11.0. The van der Waals surface area contributed by atoms with Crippen LogP contribution in [-0.4, -0.2) is 18.5 Å². The van der Waals surface area contributed by atoms with Crippen molar-refractivity contribution < 1.29 is 27.5 Å². The highest BCUT2D eigenvalue weighted by Gasteiger charge is 2.46. The number of para-hydroxylation sites is 2. The van der Waals surface area contributed by atoms with E-state index in [0.29, 0.717) is 0 Å². The zero-order valence-corrected chi connectivity index (χ0v) is 13.3. The first-order valence-electron chi connectivity index (χ1n) is 6.95. The molecule has 122 valence electrons. The lowest BCUT2D eigenvalue weighted by molar-refractivity contribution is -0.146. The van der Waals surface area contributed by atoms with E-state index in [0.717, 1.165) is 0 Å². The van der Waals surface area contributed by atoms with Gasteiger partial charge < -0.3 is 13.8 Å². The fourth-order valence-corrected chi connectivity index (χ4v) is 3.09. The molecule has 0 amide bonds. The molecule has 0 aliphatic carbocycles. The predicted octanol–water partition coefficient (Wildman–Crippen LogP) is 4.20. The number of halogens is 1. The van der Waals surface area contributed by atoms with E-state index >= 15 is 0 Å². The van der Waals surface area contributed by atoms with Gasteiger partial charge in [0.25, 0.3) is 0 Å². The molecule has 1 unspecified atom stereocenters. The maximum absolute atomic E-state index is 14.4. The molecule has 2 aromatic carbocycles. The molecular weight excluding hydrogens is 322 g/mol. The van der Waals surface area contributed by atoms with E-state index in [1.54, 1.807) is 36.4 Å². The summed E-state index contributed by atoms with van der Waals surface area (Å²) >= 11 is 0. The summed E-state index contributed by atoms with van der Waals surface area (Å²) in [4.78, 5) is 11.6. The van der Waals surface area contributed by atoms with Crippen molar-refractivity contribution in [1.82, 2.24) is 0 Å². The summed E-state index contributed by atoms with van der Waals surface area (Å²) in [7, 11) is -4.48. The summed E-state index contributed by atoms with van der Waals surface area (Å²) in [6.45, 7) is 1.47. The SMILES string of the molecule is CCOC(=O)C(F)P(=O)(Oc1ccccc1)Oc1ccccc1. The third-order valence-electron chi connectivity index (χ3n) is 2.71. The molecule has 0 heterocycles. The Kier molecular flexibility index (Phi) is 5.77. The molecule has 2 rings (SSSR count). The van der Waals surface area contributed by atoms with Crippen LogP contribution in [0.25, 0.3) is 0 Å². The molecule has 0 aromatic heterocycles. The minimum absolute atomic E-state index is 0.0457. The van der Waals surface area contributed by atoms with Gasteiger partial charge in [-0.1, -0.05) is 36.4 Å². The van der Waals surface area contributed by atoms with E-state index in [4.69, 9.17) is 9.05 Å². The zero-order chi connectivity index (χ0) is 16.7. The van der Waals surface area contributed by atoms with Gasteiger partial charge >= 0.3 is 19.5 Å². The van der Waals surface area contributed by atoms with Crippen LogP contribution in [-0.2, 0) is 14.1 Å². The van der Waals surface area contributed by atoms with Gasteiger partial charge in [-0.3, -0.25) is 0 Å². The molecule has 7 heteroatoms. The lowest BCUT2D eigenvalue weighted by atomic mass is 10.3. The van der Waals surface area contributed by atoms with Crippen LogP contribution in [0.4, 0.5) is 4.39 Å². The Morgan fingerprint density at radius 1 is 1.00 bits per heavy atom. The Labute approximate surface area is 133 Å². The van der Waals surface area contributed by atoms with Crippen LogP contribution in [0, 0.1) is 0 Å². The number of alkyl halides is 1. The van der Waals surface area contributed by atoms with E-state index in [-0.39, 0.29) is 18.1 Å². The maximum atomic E-state index is 14.4. The van der Waals surface area contributed by atoms with Crippen molar-refractivity contribution in [2.45, 2.75) is 12.8 Å². The highest BCUT2D eigenvalue weighted by Crippen LogP contribution is 2.53. The van der Waals surface area contributed by atoms with Crippen molar-refractivity contribution in [2.24, 2.45) is 0 Å². The van der Waals surface area contributed by atoms with E-state index in [1.165, 1.54) is 31.2 Å². The van der Waals surface area contributed by atoms with Gasteiger partial charge in [0.15, 0.2) is 0 Å². The Bertz CT molecular complexity index is 632. The molecule has 0 saturated carbocycles. The number of rotatable bonds is 7. The smallest absolute Gasteiger partial charge is 0.463 e. The first kappa shape index (κ1) is 17.0. The van der Waals surface area contributed by atoms with E-state index < -0.39 is 19.5 Å². The van der Waals surface area contributed by atoms with E-state index in [2.05, 4.69) is 4.74 Å².